The summed E-state index contributed by atoms with van der Waals surface area (Å²) in [4.78, 5) is 18.8. The van der Waals surface area contributed by atoms with E-state index in [1.54, 1.807) is 7.11 Å². The molecule has 1 unspecified atom stereocenters. The highest BCUT2D eigenvalue weighted by Gasteiger charge is 2.28. The van der Waals surface area contributed by atoms with Crippen LogP contribution in [0.3, 0.4) is 0 Å². The van der Waals surface area contributed by atoms with Gasteiger partial charge in [0.05, 0.1) is 0 Å². The number of likely N-dealkylation sites (tertiary alicyclic amines) is 1. The minimum atomic E-state index is -0.0877. The molecule has 7 heteroatoms. The quantitative estimate of drug-likeness (QED) is 0.921. The largest absolute Gasteiger partial charge is 0.375 e. The van der Waals surface area contributed by atoms with Gasteiger partial charge in [-0.05, 0) is 49.9 Å². The summed E-state index contributed by atoms with van der Waals surface area (Å²) in [6.45, 7) is 5.66. The highest BCUT2D eigenvalue weighted by molar-refractivity contribution is 5.89. The van der Waals surface area contributed by atoms with E-state index in [2.05, 4.69) is 21.5 Å². The van der Waals surface area contributed by atoms with Crippen molar-refractivity contribution in [1.82, 2.24) is 15.0 Å². The highest BCUT2D eigenvalue weighted by Crippen LogP contribution is 2.25. The summed E-state index contributed by atoms with van der Waals surface area (Å²) >= 11 is 0. The first kappa shape index (κ1) is 17.4. The maximum Gasteiger partial charge on any atom is 0.321 e. The van der Waals surface area contributed by atoms with Crippen molar-refractivity contribution in [2.45, 2.75) is 39.2 Å². The van der Waals surface area contributed by atoms with Crippen LogP contribution in [-0.4, -0.2) is 41.3 Å². The number of hydrogen-bond acceptors (Lipinski definition) is 5. The van der Waals surface area contributed by atoms with Crippen LogP contribution in [0.15, 0.2) is 22.7 Å². The fraction of sp³-hybridized carbons (Fsp3) is 0.500. The topological polar surface area (TPSA) is 80.5 Å². The molecule has 1 aromatic carbocycles. The summed E-state index contributed by atoms with van der Waals surface area (Å²) in [7, 11) is 1.59. The third-order valence-corrected chi connectivity index (χ3v) is 4.30. The smallest absolute Gasteiger partial charge is 0.321 e. The molecule has 134 valence electrons. The van der Waals surface area contributed by atoms with Crippen molar-refractivity contribution < 1.29 is 14.1 Å². The van der Waals surface area contributed by atoms with E-state index in [9.17, 15) is 4.79 Å². The molecule has 1 saturated heterocycles. The lowest BCUT2D eigenvalue weighted by molar-refractivity contribution is 0.151. The summed E-state index contributed by atoms with van der Waals surface area (Å²) in [6.07, 6.45) is 1.86. The number of aryl methyl sites for hydroxylation is 2. The average Bonchev–Trinajstić information content (AvgIpc) is 3.03. The molecule has 1 fully saturated rings. The summed E-state index contributed by atoms with van der Waals surface area (Å²) in [5.74, 6) is 1.21. The van der Waals surface area contributed by atoms with Gasteiger partial charge in [-0.2, -0.15) is 4.98 Å². The average molecular weight is 344 g/mol. The van der Waals surface area contributed by atoms with Gasteiger partial charge < -0.3 is 19.5 Å². The van der Waals surface area contributed by atoms with E-state index in [1.165, 1.54) is 0 Å². The molecule has 1 aromatic heterocycles. The second-order valence-electron chi connectivity index (χ2n) is 6.57. The second-order valence-corrected chi connectivity index (χ2v) is 6.57. The number of methoxy groups -OCH3 is 1. The van der Waals surface area contributed by atoms with Crippen LogP contribution in [-0.2, 0) is 11.3 Å². The molecule has 0 saturated carbocycles. The van der Waals surface area contributed by atoms with E-state index in [4.69, 9.17) is 9.26 Å². The first-order chi connectivity index (χ1) is 12.0. The lowest BCUT2D eigenvalue weighted by atomic mass is 9.97. The van der Waals surface area contributed by atoms with Gasteiger partial charge in [-0.1, -0.05) is 11.2 Å². The van der Waals surface area contributed by atoms with Gasteiger partial charge in [0.15, 0.2) is 5.82 Å². The molecule has 1 aliphatic heterocycles. The number of anilines is 1. The van der Waals surface area contributed by atoms with Crippen molar-refractivity contribution in [1.29, 1.82) is 0 Å². The molecule has 1 atom stereocenters. The monoisotopic (exact) mass is 344 g/mol. The van der Waals surface area contributed by atoms with Gasteiger partial charge in [0.1, 0.15) is 6.61 Å². The number of hydrogen-bond donors (Lipinski definition) is 1. The minimum Gasteiger partial charge on any atom is -0.375 e. The van der Waals surface area contributed by atoms with Crippen LogP contribution < -0.4 is 5.32 Å². The Morgan fingerprint density at radius 1 is 1.36 bits per heavy atom. The number of urea groups is 1. The number of amides is 2. The fourth-order valence-electron chi connectivity index (χ4n) is 3.24. The number of nitrogens with zero attached hydrogens (tertiary/aromatic N) is 3. The van der Waals surface area contributed by atoms with Crippen LogP contribution in [0.4, 0.5) is 10.5 Å². The number of carbonyl (C=O) groups is 1. The molecule has 2 amide bonds. The van der Waals surface area contributed by atoms with Gasteiger partial charge in [0.2, 0.25) is 0 Å². The Labute approximate surface area is 147 Å². The van der Waals surface area contributed by atoms with Crippen LogP contribution in [0.2, 0.25) is 0 Å². The zero-order valence-corrected chi connectivity index (χ0v) is 14.9. The van der Waals surface area contributed by atoms with E-state index in [0.717, 1.165) is 36.2 Å². The van der Waals surface area contributed by atoms with Crippen LogP contribution in [0.1, 0.15) is 41.6 Å². The Morgan fingerprint density at radius 3 is 2.84 bits per heavy atom. The van der Waals surface area contributed by atoms with Crippen LogP contribution >= 0.6 is 0 Å². The third-order valence-electron chi connectivity index (χ3n) is 4.30. The van der Waals surface area contributed by atoms with Gasteiger partial charge >= 0.3 is 6.03 Å². The van der Waals surface area contributed by atoms with E-state index in [0.29, 0.717) is 24.9 Å². The minimum absolute atomic E-state index is 0.0877. The molecule has 25 heavy (non-hydrogen) atoms. The first-order valence-electron chi connectivity index (χ1n) is 8.51. The Bertz CT molecular complexity index is 723. The molecular weight excluding hydrogens is 320 g/mol. The number of rotatable bonds is 4. The van der Waals surface area contributed by atoms with E-state index in [1.807, 2.05) is 30.9 Å². The Morgan fingerprint density at radius 2 is 2.12 bits per heavy atom. The van der Waals surface area contributed by atoms with Crippen molar-refractivity contribution in [2.24, 2.45) is 0 Å². The third kappa shape index (κ3) is 4.36. The lowest BCUT2D eigenvalue weighted by Crippen LogP contribution is -2.41. The summed E-state index contributed by atoms with van der Waals surface area (Å²) < 4.78 is 10.2. The number of benzene rings is 1. The summed E-state index contributed by atoms with van der Waals surface area (Å²) in [6, 6.07) is 5.95. The molecular formula is C18H24N4O3. The van der Waals surface area contributed by atoms with Crippen molar-refractivity contribution in [3.05, 3.63) is 41.0 Å². The number of aromatic nitrogens is 2. The normalized spacial score (nSPS) is 17.6. The number of piperidine rings is 1. The van der Waals surface area contributed by atoms with Crippen molar-refractivity contribution in [3.8, 4) is 0 Å². The molecule has 3 rings (SSSR count). The van der Waals surface area contributed by atoms with Gasteiger partial charge in [0, 0.05) is 31.8 Å². The van der Waals surface area contributed by atoms with Crippen LogP contribution in [0.25, 0.3) is 0 Å². The molecule has 0 spiro atoms. The first-order valence-corrected chi connectivity index (χ1v) is 8.51. The second kappa shape index (κ2) is 7.65. The predicted octanol–water partition coefficient (Wildman–Crippen LogP) is 3.24. The molecule has 0 aliphatic carbocycles. The molecule has 7 nitrogen and oxygen atoms in total. The van der Waals surface area contributed by atoms with E-state index >= 15 is 0 Å². The van der Waals surface area contributed by atoms with Gasteiger partial charge in [-0.3, -0.25) is 0 Å². The molecule has 0 bridgehead atoms. The van der Waals surface area contributed by atoms with Crippen molar-refractivity contribution >= 4 is 11.7 Å². The molecule has 1 aliphatic rings. The maximum atomic E-state index is 12.6. The Balaban J connectivity index is 1.64. The highest BCUT2D eigenvalue weighted by atomic mass is 16.5. The maximum absolute atomic E-state index is 12.6. The van der Waals surface area contributed by atoms with Gasteiger partial charge in [-0.15, -0.1) is 0 Å². The fourth-order valence-corrected chi connectivity index (χ4v) is 3.24. The number of ether oxygens (including phenoxy) is 1. The summed E-state index contributed by atoms with van der Waals surface area (Å²) in [5.41, 5.74) is 3.08. The summed E-state index contributed by atoms with van der Waals surface area (Å²) in [5, 5.41) is 7.03. The lowest BCUT2D eigenvalue weighted by Gasteiger charge is -2.31. The molecule has 0 radical (unpaired) electrons. The Hall–Kier alpha value is -2.41. The number of nitrogens with one attached hydrogen (secondary N) is 1. The zero-order chi connectivity index (χ0) is 17.8. The van der Waals surface area contributed by atoms with Crippen molar-refractivity contribution in [2.75, 3.05) is 25.5 Å². The van der Waals surface area contributed by atoms with Gasteiger partial charge in [-0.25, -0.2) is 4.79 Å². The van der Waals surface area contributed by atoms with Gasteiger partial charge in [0.25, 0.3) is 5.89 Å². The molecule has 2 aromatic rings. The van der Waals surface area contributed by atoms with Crippen LogP contribution in [0.5, 0.6) is 0 Å². The predicted molar refractivity (Wildman–Crippen MR) is 93.5 cm³/mol. The van der Waals surface area contributed by atoms with Crippen molar-refractivity contribution in [3.63, 3.8) is 0 Å². The van der Waals surface area contributed by atoms with Crippen LogP contribution in [0, 0.1) is 13.8 Å². The van der Waals surface area contributed by atoms with E-state index in [-0.39, 0.29) is 11.9 Å². The Kier molecular flexibility index (Phi) is 5.33. The molecule has 2 heterocycles. The standard InChI is InChI=1S/C18H24N4O3/c1-12-7-13(2)9-15(8-12)19-18(23)22-6-4-5-14(10-22)17-20-16(11-24-3)25-21-17/h7-9,14H,4-6,10-11H2,1-3H3,(H,19,23). The zero-order valence-electron chi connectivity index (χ0n) is 14.9. The van der Waals surface area contributed by atoms with E-state index < -0.39 is 0 Å². The number of carbonyl (C=O) groups excluding carboxylic acids is 1. The SMILES string of the molecule is COCc1nc(C2CCCN(C(=O)Nc3cc(C)cc(C)c3)C2)no1. The molecule has 1 N–H and O–H groups in total.